The van der Waals surface area contributed by atoms with Gasteiger partial charge in [-0.15, -0.1) is 0 Å². The molecule has 0 bridgehead atoms. The summed E-state index contributed by atoms with van der Waals surface area (Å²) < 4.78 is 16.5. The van der Waals surface area contributed by atoms with E-state index >= 15 is 0 Å². The number of carbonyl (C=O) groups excluding carboxylic acids is 1. The summed E-state index contributed by atoms with van der Waals surface area (Å²) in [5, 5.41) is 13.7. The Bertz CT molecular complexity index is 1020. The van der Waals surface area contributed by atoms with Crippen LogP contribution < -0.4 is 19.6 Å². The van der Waals surface area contributed by atoms with Gasteiger partial charge in [0.25, 0.3) is 5.91 Å². The molecule has 0 spiro atoms. The van der Waals surface area contributed by atoms with Crippen molar-refractivity contribution in [3.05, 3.63) is 83.9 Å². The average molecular weight is 420 g/mol. The standard InChI is InChI=1S/C24H24N2O5/c1-17(24(28)26-25-15-19-14-22(29-2)12-13-23(19)27)31-21-10-8-20(9-11-21)30-16-18-6-4-3-5-7-18/h3-15,17,27H,16H2,1-2H3,(H,26,28). The molecule has 1 unspecified atom stereocenters. The molecule has 7 nitrogen and oxygen atoms in total. The van der Waals surface area contributed by atoms with E-state index in [-0.39, 0.29) is 5.75 Å². The normalized spacial score (nSPS) is 11.7. The molecule has 0 aliphatic rings. The van der Waals surface area contributed by atoms with E-state index in [2.05, 4.69) is 10.5 Å². The zero-order valence-corrected chi connectivity index (χ0v) is 17.3. The first-order chi connectivity index (χ1) is 15.0. The van der Waals surface area contributed by atoms with Gasteiger partial charge in [-0.25, -0.2) is 5.43 Å². The van der Waals surface area contributed by atoms with Crippen molar-refractivity contribution in [2.75, 3.05) is 7.11 Å². The van der Waals surface area contributed by atoms with Crippen molar-refractivity contribution in [2.24, 2.45) is 5.10 Å². The number of hydrazone groups is 1. The number of nitrogens with zero attached hydrogens (tertiary/aromatic N) is 1. The number of amides is 1. The fourth-order valence-electron chi connectivity index (χ4n) is 2.63. The number of nitrogens with one attached hydrogen (secondary N) is 1. The molecule has 0 fully saturated rings. The third-order valence-electron chi connectivity index (χ3n) is 4.37. The lowest BCUT2D eigenvalue weighted by atomic mass is 10.2. The molecule has 160 valence electrons. The summed E-state index contributed by atoms with van der Waals surface area (Å²) in [5.74, 6) is 1.40. The van der Waals surface area contributed by atoms with E-state index in [1.807, 2.05) is 30.3 Å². The maximum atomic E-state index is 12.2. The van der Waals surface area contributed by atoms with Crippen LogP contribution >= 0.6 is 0 Å². The van der Waals surface area contributed by atoms with Crippen LogP contribution in [0, 0.1) is 0 Å². The molecular weight excluding hydrogens is 396 g/mol. The maximum Gasteiger partial charge on any atom is 0.280 e. The van der Waals surface area contributed by atoms with Gasteiger partial charge in [0.15, 0.2) is 6.10 Å². The fourth-order valence-corrected chi connectivity index (χ4v) is 2.63. The molecule has 0 saturated carbocycles. The van der Waals surface area contributed by atoms with E-state index in [4.69, 9.17) is 14.2 Å². The van der Waals surface area contributed by atoms with Crippen LogP contribution in [0.2, 0.25) is 0 Å². The molecule has 1 atom stereocenters. The molecule has 3 aromatic carbocycles. The van der Waals surface area contributed by atoms with Gasteiger partial charge in [0.05, 0.1) is 13.3 Å². The van der Waals surface area contributed by atoms with Gasteiger partial charge in [0.1, 0.15) is 29.6 Å². The van der Waals surface area contributed by atoms with Gasteiger partial charge in [0.2, 0.25) is 0 Å². The van der Waals surface area contributed by atoms with Crippen molar-refractivity contribution in [1.82, 2.24) is 5.43 Å². The molecular formula is C24H24N2O5. The molecule has 7 heteroatoms. The summed E-state index contributed by atoms with van der Waals surface area (Å²) in [4.78, 5) is 12.2. The molecule has 3 aromatic rings. The van der Waals surface area contributed by atoms with Gasteiger partial charge in [-0.1, -0.05) is 30.3 Å². The molecule has 0 saturated heterocycles. The van der Waals surface area contributed by atoms with Crippen LogP contribution in [0.3, 0.4) is 0 Å². The number of aromatic hydroxyl groups is 1. The minimum atomic E-state index is -0.771. The lowest BCUT2D eigenvalue weighted by Gasteiger charge is -2.13. The number of benzene rings is 3. The minimum absolute atomic E-state index is 0.0256. The highest BCUT2D eigenvalue weighted by molar-refractivity contribution is 5.86. The highest BCUT2D eigenvalue weighted by atomic mass is 16.5. The predicted molar refractivity (Wildman–Crippen MR) is 118 cm³/mol. The Kier molecular flexibility index (Phi) is 7.48. The van der Waals surface area contributed by atoms with Crippen molar-refractivity contribution in [3.8, 4) is 23.0 Å². The second-order valence-corrected chi connectivity index (χ2v) is 6.66. The first-order valence-electron chi connectivity index (χ1n) is 9.68. The summed E-state index contributed by atoms with van der Waals surface area (Å²) in [6.45, 7) is 2.09. The third-order valence-corrected chi connectivity index (χ3v) is 4.37. The van der Waals surface area contributed by atoms with Crippen LogP contribution in [0.4, 0.5) is 0 Å². The number of hydrogen-bond donors (Lipinski definition) is 2. The van der Waals surface area contributed by atoms with Crippen molar-refractivity contribution in [2.45, 2.75) is 19.6 Å². The molecule has 31 heavy (non-hydrogen) atoms. The maximum absolute atomic E-state index is 12.2. The monoisotopic (exact) mass is 420 g/mol. The summed E-state index contributed by atoms with van der Waals surface area (Å²) in [6.07, 6.45) is 0.564. The zero-order chi connectivity index (χ0) is 22.1. The lowest BCUT2D eigenvalue weighted by Crippen LogP contribution is -2.33. The molecule has 0 heterocycles. The largest absolute Gasteiger partial charge is 0.507 e. The van der Waals surface area contributed by atoms with Gasteiger partial charge in [-0.05, 0) is 55.0 Å². The molecule has 3 rings (SSSR count). The molecule has 0 aliphatic heterocycles. The minimum Gasteiger partial charge on any atom is -0.507 e. The Morgan fingerprint density at radius 3 is 2.42 bits per heavy atom. The molecule has 0 aromatic heterocycles. The lowest BCUT2D eigenvalue weighted by molar-refractivity contribution is -0.127. The van der Waals surface area contributed by atoms with Crippen LogP contribution in [0.15, 0.2) is 77.9 Å². The van der Waals surface area contributed by atoms with Crippen molar-refractivity contribution < 1.29 is 24.1 Å². The number of phenolic OH excluding ortho intramolecular Hbond substituents is 1. The molecule has 2 N–H and O–H groups in total. The van der Waals surface area contributed by atoms with Gasteiger partial charge >= 0.3 is 0 Å². The third kappa shape index (κ3) is 6.50. The number of phenols is 1. The molecule has 0 radical (unpaired) electrons. The highest BCUT2D eigenvalue weighted by Crippen LogP contribution is 2.21. The van der Waals surface area contributed by atoms with Gasteiger partial charge in [-0.2, -0.15) is 5.10 Å². The topological polar surface area (TPSA) is 89.4 Å². The van der Waals surface area contributed by atoms with Crippen LogP contribution in [0.5, 0.6) is 23.0 Å². The SMILES string of the molecule is COc1ccc(O)c(C=NNC(=O)C(C)Oc2ccc(OCc3ccccc3)cc2)c1. The number of carbonyl (C=O) groups is 1. The quantitative estimate of drug-likeness (QED) is 0.405. The molecule has 1 amide bonds. The van der Waals surface area contributed by atoms with E-state index in [9.17, 15) is 9.90 Å². The summed E-state index contributed by atoms with van der Waals surface area (Å²) in [6, 6.07) is 21.6. The Morgan fingerprint density at radius 1 is 1.03 bits per heavy atom. The average Bonchev–Trinajstić information content (AvgIpc) is 2.80. The van der Waals surface area contributed by atoms with E-state index in [1.54, 1.807) is 43.3 Å². The Balaban J connectivity index is 1.49. The van der Waals surface area contributed by atoms with E-state index in [1.165, 1.54) is 19.4 Å². The van der Waals surface area contributed by atoms with Crippen LogP contribution in [0.1, 0.15) is 18.1 Å². The second kappa shape index (κ2) is 10.7. The number of hydrogen-bond acceptors (Lipinski definition) is 6. The van der Waals surface area contributed by atoms with Gasteiger partial charge in [-0.3, -0.25) is 4.79 Å². The summed E-state index contributed by atoms with van der Waals surface area (Å²) in [5.41, 5.74) is 3.89. The fraction of sp³-hybridized carbons (Fsp3) is 0.167. The van der Waals surface area contributed by atoms with Crippen molar-refractivity contribution >= 4 is 12.1 Å². The highest BCUT2D eigenvalue weighted by Gasteiger charge is 2.14. The van der Waals surface area contributed by atoms with Crippen molar-refractivity contribution in [1.29, 1.82) is 0 Å². The van der Waals surface area contributed by atoms with Crippen LogP contribution in [-0.4, -0.2) is 30.4 Å². The summed E-state index contributed by atoms with van der Waals surface area (Å²) in [7, 11) is 1.52. The second-order valence-electron chi connectivity index (χ2n) is 6.66. The first-order valence-corrected chi connectivity index (χ1v) is 9.68. The Morgan fingerprint density at radius 2 is 1.71 bits per heavy atom. The van der Waals surface area contributed by atoms with Gasteiger partial charge in [0, 0.05) is 5.56 Å². The smallest absolute Gasteiger partial charge is 0.280 e. The van der Waals surface area contributed by atoms with E-state index in [0.29, 0.717) is 29.4 Å². The van der Waals surface area contributed by atoms with Crippen molar-refractivity contribution in [3.63, 3.8) is 0 Å². The zero-order valence-electron chi connectivity index (χ0n) is 17.3. The predicted octanol–water partition coefficient (Wildman–Crippen LogP) is 3.90. The van der Waals surface area contributed by atoms with Crippen LogP contribution in [-0.2, 0) is 11.4 Å². The van der Waals surface area contributed by atoms with E-state index < -0.39 is 12.0 Å². The number of rotatable bonds is 9. The number of methoxy groups -OCH3 is 1. The van der Waals surface area contributed by atoms with E-state index in [0.717, 1.165) is 5.56 Å². The number of ether oxygens (including phenoxy) is 3. The summed E-state index contributed by atoms with van der Waals surface area (Å²) >= 11 is 0. The Labute approximate surface area is 180 Å². The molecule has 0 aliphatic carbocycles. The van der Waals surface area contributed by atoms with Crippen LogP contribution in [0.25, 0.3) is 0 Å². The van der Waals surface area contributed by atoms with Gasteiger partial charge < -0.3 is 19.3 Å². The Hall–Kier alpha value is -4.00. The first kappa shape index (κ1) is 21.7.